The Morgan fingerprint density at radius 3 is 2.53 bits per heavy atom. The number of hydrogen-bond donors (Lipinski definition) is 2. The van der Waals surface area contributed by atoms with Gasteiger partial charge in [-0.25, -0.2) is 13.6 Å². The van der Waals surface area contributed by atoms with E-state index < -0.39 is 10.0 Å². The SMILES string of the molecule is CSCCCCCCNc1ccccc1S(N)(=O)=O. The topological polar surface area (TPSA) is 72.2 Å². The third-order valence-corrected chi connectivity index (χ3v) is 4.45. The first-order valence-electron chi connectivity index (χ1n) is 6.40. The molecule has 0 aliphatic heterocycles. The van der Waals surface area contributed by atoms with Crippen molar-refractivity contribution in [3.63, 3.8) is 0 Å². The fourth-order valence-corrected chi connectivity index (χ4v) is 3.02. The normalized spacial score (nSPS) is 11.5. The summed E-state index contributed by atoms with van der Waals surface area (Å²) in [4.78, 5) is 0.164. The number of thioether (sulfide) groups is 1. The van der Waals surface area contributed by atoms with E-state index in [4.69, 9.17) is 5.14 Å². The molecule has 0 saturated carbocycles. The second-order valence-corrected chi connectivity index (χ2v) is 6.89. The van der Waals surface area contributed by atoms with Crippen LogP contribution in [-0.4, -0.2) is 27.0 Å². The molecule has 0 unspecified atom stereocenters. The van der Waals surface area contributed by atoms with Crippen LogP contribution in [0.15, 0.2) is 29.2 Å². The van der Waals surface area contributed by atoms with Gasteiger partial charge < -0.3 is 5.32 Å². The van der Waals surface area contributed by atoms with E-state index in [1.54, 1.807) is 18.2 Å². The highest BCUT2D eigenvalue weighted by atomic mass is 32.2. The summed E-state index contributed by atoms with van der Waals surface area (Å²) in [5.41, 5.74) is 0.592. The molecule has 1 aromatic carbocycles. The van der Waals surface area contributed by atoms with Gasteiger partial charge in [-0.15, -0.1) is 0 Å². The number of hydrogen-bond acceptors (Lipinski definition) is 4. The van der Waals surface area contributed by atoms with Crippen LogP contribution in [0.4, 0.5) is 5.69 Å². The molecule has 0 bridgehead atoms. The first-order chi connectivity index (χ1) is 9.05. The van der Waals surface area contributed by atoms with Gasteiger partial charge in [0, 0.05) is 6.54 Å². The van der Waals surface area contributed by atoms with Crippen molar-refractivity contribution >= 4 is 27.5 Å². The van der Waals surface area contributed by atoms with Crippen molar-refractivity contribution in [2.45, 2.75) is 30.6 Å². The zero-order valence-electron chi connectivity index (χ0n) is 11.3. The minimum atomic E-state index is -3.65. The predicted molar refractivity (Wildman–Crippen MR) is 83.2 cm³/mol. The van der Waals surface area contributed by atoms with E-state index in [0.717, 1.165) is 19.4 Å². The molecule has 0 radical (unpaired) electrons. The minimum Gasteiger partial charge on any atom is -0.384 e. The quantitative estimate of drug-likeness (QED) is 0.688. The fourth-order valence-electron chi connectivity index (χ4n) is 1.81. The highest BCUT2D eigenvalue weighted by molar-refractivity contribution is 7.98. The van der Waals surface area contributed by atoms with E-state index >= 15 is 0 Å². The van der Waals surface area contributed by atoms with Gasteiger partial charge in [-0.1, -0.05) is 25.0 Å². The molecule has 4 nitrogen and oxygen atoms in total. The second-order valence-electron chi connectivity index (χ2n) is 4.37. The molecule has 0 aliphatic rings. The Morgan fingerprint density at radius 1 is 1.16 bits per heavy atom. The highest BCUT2D eigenvalue weighted by Crippen LogP contribution is 2.19. The van der Waals surface area contributed by atoms with Gasteiger partial charge in [-0.3, -0.25) is 0 Å². The first kappa shape index (κ1) is 16.3. The predicted octanol–water partition coefficient (Wildman–Crippen LogP) is 2.67. The first-order valence-corrected chi connectivity index (χ1v) is 9.34. The molecule has 1 rings (SSSR count). The number of para-hydroxylation sites is 1. The van der Waals surface area contributed by atoms with Gasteiger partial charge in [0.2, 0.25) is 10.0 Å². The van der Waals surface area contributed by atoms with Crippen LogP contribution in [0, 0.1) is 0 Å². The fraction of sp³-hybridized carbons (Fsp3) is 0.538. The van der Waals surface area contributed by atoms with E-state index in [2.05, 4.69) is 11.6 Å². The van der Waals surface area contributed by atoms with Gasteiger partial charge in [0.15, 0.2) is 0 Å². The lowest BCUT2D eigenvalue weighted by molar-refractivity contribution is 0.598. The van der Waals surface area contributed by atoms with Crippen molar-refractivity contribution in [3.05, 3.63) is 24.3 Å². The molecule has 19 heavy (non-hydrogen) atoms. The number of nitrogens with one attached hydrogen (secondary N) is 1. The van der Waals surface area contributed by atoms with Gasteiger partial charge in [0.05, 0.1) is 5.69 Å². The maximum Gasteiger partial charge on any atom is 0.240 e. The molecule has 0 aromatic heterocycles. The van der Waals surface area contributed by atoms with Crippen molar-refractivity contribution in [1.82, 2.24) is 0 Å². The van der Waals surface area contributed by atoms with Crippen LogP contribution < -0.4 is 10.5 Å². The number of nitrogens with two attached hydrogens (primary N) is 1. The van der Waals surface area contributed by atoms with Crippen LogP contribution >= 0.6 is 11.8 Å². The molecule has 0 fully saturated rings. The van der Waals surface area contributed by atoms with Gasteiger partial charge in [-0.05, 0) is 37.0 Å². The van der Waals surface area contributed by atoms with Gasteiger partial charge in [0.25, 0.3) is 0 Å². The molecule has 6 heteroatoms. The Hall–Kier alpha value is -0.720. The Balaban J connectivity index is 2.38. The third kappa shape index (κ3) is 6.31. The number of unbranched alkanes of at least 4 members (excludes halogenated alkanes) is 3. The van der Waals surface area contributed by atoms with Crippen molar-refractivity contribution in [2.24, 2.45) is 5.14 Å². The number of sulfonamides is 1. The number of benzene rings is 1. The van der Waals surface area contributed by atoms with Crippen molar-refractivity contribution in [3.8, 4) is 0 Å². The summed E-state index contributed by atoms with van der Waals surface area (Å²) in [5, 5.41) is 8.32. The average molecular weight is 302 g/mol. The summed E-state index contributed by atoms with van der Waals surface area (Å²) < 4.78 is 22.8. The largest absolute Gasteiger partial charge is 0.384 e. The van der Waals surface area contributed by atoms with Crippen LogP contribution in [0.2, 0.25) is 0 Å². The molecule has 0 heterocycles. The van der Waals surface area contributed by atoms with Crippen molar-refractivity contribution in [1.29, 1.82) is 0 Å². The zero-order valence-corrected chi connectivity index (χ0v) is 12.9. The Morgan fingerprint density at radius 2 is 1.84 bits per heavy atom. The molecule has 0 saturated heterocycles. The lowest BCUT2D eigenvalue weighted by atomic mass is 10.2. The maximum absolute atomic E-state index is 11.4. The minimum absolute atomic E-state index is 0.164. The van der Waals surface area contributed by atoms with Gasteiger partial charge >= 0.3 is 0 Å². The van der Waals surface area contributed by atoms with Gasteiger partial charge in [-0.2, -0.15) is 11.8 Å². The van der Waals surface area contributed by atoms with E-state index in [0.29, 0.717) is 5.69 Å². The Labute approximate surface area is 120 Å². The summed E-state index contributed by atoms with van der Waals surface area (Å²) in [6, 6.07) is 6.74. The average Bonchev–Trinajstić information content (AvgIpc) is 2.37. The summed E-state index contributed by atoms with van der Waals surface area (Å²) >= 11 is 1.87. The highest BCUT2D eigenvalue weighted by Gasteiger charge is 2.12. The standard InChI is InChI=1S/C13H22N2O2S2/c1-18-11-7-3-2-6-10-15-12-8-4-5-9-13(12)19(14,16)17/h4-5,8-9,15H,2-3,6-7,10-11H2,1H3,(H2,14,16,17). The lowest BCUT2D eigenvalue weighted by Gasteiger charge is -2.10. The Bertz CT molecular complexity index is 475. The van der Waals surface area contributed by atoms with Crippen LogP contribution in [0.1, 0.15) is 25.7 Å². The summed E-state index contributed by atoms with van der Waals surface area (Å²) in [5.74, 6) is 1.21. The summed E-state index contributed by atoms with van der Waals surface area (Å²) in [7, 11) is -3.65. The summed E-state index contributed by atoms with van der Waals surface area (Å²) in [6.45, 7) is 0.770. The van der Waals surface area contributed by atoms with E-state index in [1.165, 1.54) is 24.7 Å². The van der Waals surface area contributed by atoms with Crippen LogP contribution in [0.25, 0.3) is 0 Å². The van der Waals surface area contributed by atoms with Gasteiger partial charge in [0.1, 0.15) is 4.90 Å². The third-order valence-electron chi connectivity index (χ3n) is 2.78. The number of anilines is 1. The molecule has 1 aromatic rings. The smallest absolute Gasteiger partial charge is 0.240 e. The van der Waals surface area contributed by atoms with Crippen LogP contribution in [-0.2, 0) is 10.0 Å². The van der Waals surface area contributed by atoms with Crippen LogP contribution in [0.3, 0.4) is 0 Å². The van der Waals surface area contributed by atoms with E-state index in [9.17, 15) is 8.42 Å². The molecule has 0 atom stereocenters. The second kappa shape index (κ2) is 8.45. The zero-order chi connectivity index (χ0) is 14.1. The molecule has 0 amide bonds. The molecule has 0 aliphatic carbocycles. The van der Waals surface area contributed by atoms with E-state index in [-0.39, 0.29) is 4.90 Å². The number of rotatable bonds is 9. The lowest BCUT2D eigenvalue weighted by Crippen LogP contribution is -2.15. The molecular weight excluding hydrogens is 280 g/mol. The molecule has 0 spiro atoms. The van der Waals surface area contributed by atoms with E-state index in [1.807, 2.05) is 11.8 Å². The van der Waals surface area contributed by atoms with Crippen LogP contribution in [0.5, 0.6) is 0 Å². The molecule has 108 valence electrons. The molecule has 3 N–H and O–H groups in total. The maximum atomic E-state index is 11.4. The monoisotopic (exact) mass is 302 g/mol. The molecular formula is C13H22N2O2S2. The van der Waals surface area contributed by atoms with Crippen molar-refractivity contribution < 1.29 is 8.42 Å². The number of primary sulfonamides is 1. The van der Waals surface area contributed by atoms with Crippen molar-refractivity contribution in [2.75, 3.05) is 23.9 Å². The Kier molecular flexibility index (Phi) is 7.27. The summed E-state index contributed by atoms with van der Waals surface area (Å²) in [6.07, 6.45) is 6.78.